The number of hydrogen-bond acceptors (Lipinski definition) is 2. The number of benzene rings is 1. The molecule has 0 bridgehead atoms. The fourth-order valence-electron chi connectivity index (χ4n) is 1.39. The van der Waals surface area contributed by atoms with E-state index >= 15 is 0 Å². The third-order valence-electron chi connectivity index (χ3n) is 2.20. The molecule has 84 valence electrons. The van der Waals surface area contributed by atoms with Crippen molar-refractivity contribution in [3.8, 4) is 0 Å². The van der Waals surface area contributed by atoms with Crippen molar-refractivity contribution in [1.82, 2.24) is 0 Å². The van der Waals surface area contributed by atoms with Gasteiger partial charge in [0.15, 0.2) is 0 Å². The summed E-state index contributed by atoms with van der Waals surface area (Å²) in [6.45, 7) is 0.939. The second-order valence-electron chi connectivity index (χ2n) is 3.39. The molecule has 0 aliphatic heterocycles. The summed E-state index contributed by atoms with van der Waals surface area (Å²) in [6, 6.07) is 10.1. The van der Waals surface area contributed by atoms with Crippen LogP contribution >= 0.6 is 38.9 Å². The summed E-state index contributed by atoms with van der Waals surface area (Å²) in [5.41, 5.74) is 1.09. The molecule has 0 fully saturated rings. The molecule has 2 aromatic rings. The lowest BCUT2D eigenvalue weighted by Crippen LogP contribution is -2.03. The van der Waals surface area contributed by atoms with Crippen molar-refractivity contribution in [1.29, 1.82) is 0 Å². The average molecular weight is 317 g/mol. The minimum absolute atomic E-state index is 0.740. The van der Waals surface area contributed by atoms with E-state index in [-0.39, 0.29) is 0 Å². The zero-order chi connectivity index (χ0) is 11.4. The van der Waals surface area contributed by atoms with Gasteiger partial charge in [0, 0.05) is 21.6 Å². The van der Waals surface area contributed by atoms with Gasteiger partial charge in [-0.25, -0.2) is 0 Å². The van der Waals surface area contributed by atoms with Crippen molar-refractivity contribution in [3.63, 3.8) is 0 Å². The molecule has 2 rings (SSSR count). The van der Waals surface area contributed by atoms with Crippen molar-refractivity contribution >= 4 is 44.6 Å². The van der Waals surface area contributed by atoms with Crippen molar-refractivity contribution < 1.29 is 0 Å². The number of anilines is 1. The number of hydrogen-bond donors (Lipinski definition) is 1. The molecule has 0 aliphatic rings. The third kappa shape index (κ3) is 3.24. The molecule has 0 aliphatic carbocycles. The first-order valence-electron chi connectivity index (χ1n) is 4.97. The average Bonchev–Trinajstić information content (AvgIpc) is 2.76. The Labute approximate surface area is 113 Å². The van der Waals surface area contributed by atoms with Crippen LogP contribution in [0.3, 0.4) is 0 Å². The van der Waals surface area contributed by atoms with Crippen LogP contribution in [0.15, 0.2) is 40.2 Å². The van der Waals surface area contributed by atoms with Crippen LogP contribution in [-0.4, -0.2) is 6.54 Å². The van der Waals surface area contributed by atoms with Crippen molar-refractivity contribution in [2.45, 2.75) is 6.42 Å². The monoisotopic (exact) mass is 315 g/mol. The van der Waals surface area contributed by atoms with Crippen LogP contribution in [-0.2, 0) is 6.42 Å². The van der Waals surface area contributed by atoms with Crippen LogP contribution in [0, 0.1) is 0 Å². The molecule has 16 heavy (non-hydrogen) atoms. The predicted molar refractivity (Wildman–Crippen MR) is 75.7 cm³/mol. The first-order valence-corrected chi connectivity index (χ1v) is 7.02. The SMILES string of the molecule is Clc1ccc(NCCc2cccs2)cc1Br. The molecular weight excluding hydrogens is 306 g/mol. The van der Waals surface area contributed by atoms with Gasteiger partial charge in [-0.15, -0.1) is 11.3 Å². The third-order valence-corrected chi connectivity index (χ3v) is 4.35. The van der Waals surface area contributed by atoms with Crippen LogP contribution in [0.2, 0.25) is 5.02 Å². The summed E-state index contributed by atoms with van der Waals surface area (Å²) < 4.78 is 0.926. The van der Waals surface area contributed by atoms with E-state index in [0.717, 1.165) is 28.1 Å². The van der Waals surface area contributed by atoms with Gasteiger partial charge >= 0.3 is 0 Å². The van der Waals surface area contributed by atoms with Gasteiger partial charge < -0.3 is 5.32 Å². The molecule has 0 saturated carbocycles. The highest BCUT2D eigenvalue weighted by Crippen LogP contribution is 2.25. The van der Waals surface area contributed by atoms with E-state index in [1.54, 1.807) is 11.3 Å². The van der Waals surface area contributed by atoms with E-state index < -0.39 is 0 Å². The lowest BCUT2D eigenvalue weighted by molar-refractivity contribution is 1.04. The van der Waals surface area contributed by atoms with Gasteiger partial charge in [-0.2, -0.15) is 0 Å². The zero-order valence-electron chi connectivity index (χ0n) is 8.54. The maximum absolute atomic E-state index is 5.92. The Balaban J connectivity index is 1.87. The number of thiophene rings is 1. The van der Waals surface area contributed by atoms with Crippen molar-refractivity contribution in [2.75, 3.05) is 11.9 Å². The second-order valence-corrected chi connectivity index (χ2v) is 5.68. The maximum Gasteiger partial charge on any atom is 0.0549 e. The molecule has 1 aromatic heterocycles. The predicted octanol–water partition coefficient (Wildman–Crippen LogP) is 4.82. The van der Waals surface area contributed by atoms with Crippen molar-refractivity contribution in [2.24, 2.45) is 0 Å². The lowest BCUT2D eigenvalue weighted by atomic mass is 10.3. The molecule has 0 amide bonds. The minimum atomic E-state index is 0.740. The van der Waals surface area contributed by atoms with Gasteiger partial charge in [-0.1, -0.05) is 17.7 Å². The Hall–Kier alpha value is -0.510. The normalized spacial score (nSPS) is 10.4. The van der Waals surface area contributed by atoms with Crippen LogP contribution in [0.25, 0.3) is 0 Å². The van der Waals surface area contributed by atoms with Crippen molar-refractivity contribution in [3.05, 3.63) is 50.1 Å². The van der Waals surface area contributed by atoms with E-state index in [1.165, 1.54) is 4.88 Å². The summed E-state index contributed by atoms with van der Waals surface area (Å²) in [4.78, 5) is 1.40. The van der Waals surface area contributed by atoms with Gasteiger partial charge in [-0.3, -0.25) is 0 Å². The van der Waals surface area contributed by atoms with Crippen LogP contribution in [0.4, 0.5) is 5.69 Å². The van der Waals surface area contributed by atoms with Gasteiger partial charge in [0.05, 0.1) is 5.02 Å². The first-order chi connectivity index (χ1) is 7.75. The van der Waals surface area contributed by atoms with Gasteiger partial charge in [0.25, 0.3) is 0 Å². The van der Waals surface area contributed by atoms with Gasteiger partial charge in [0.2, 0.25) is 0 Å². The van der Waals surface area contributed by atoms with Crippen LogP contribution < -0.4 is 5.32 Å². The van der Waals surface area contributed by atoms with E-state index in [0.29, 0.717) is 0 Å². The highest BCUT2D eigenvalue weighted by molar-refractivity contribution is 9.10. The van der Waals surface area contributed by atoms with E-state index in [4.69, 9.17) is 11.6 Å². The Morgan fingerprint density at radius 1 is 1.31 bits per heavy atom. The maximum atomic E-state index is 5.92. The number of rotatable bonds is 4. The largest absolute Gasteiger partial charge is 0.385 e. The molecule has 1 N–H and O–H groups in total. The van der Waals surface area contributed by atoms with Crippen LogP contribution in [0.5, 0.6) is 0 Å². The molecule has 1 aromatic carbocycles. The van der Waals surface area contributed by atoms with Gasteiger partial charge in [0.1, 0.15) is 0 Å². The highest BCUT2D eigenvalue weighted by Gasteiger charge is 1.99. The molecule has 1 heterocycles. The molecule has 0 radical (unpaired) electrons. The Morgan fingerprint density at radius 3 is 2.88 bits per heavy atom. The summed E-state index contributed by atoms with van der Waals surface area (Å²) in [5.74, 6) is 0. The minimum Gasteiger partial charge on any atom is -0.385 e. The number of halogens is 2. The van der Waals surface area contributed by atoms with E-state index in [9.17, 15) is 0 Å². The summed E-state index contributed by atoms with van der Waals surface area (Å²) in [5, 5.41) is 6.21. The zero-order valence-corrected chi connectivity index (χ0v) is 11.7. The molecular formula is C12H11BrClNS. The van der Waals surface area contributed by atoms with Crippen LogP contribution in [0.1, 0.15) is 4.88 Å². The Kier molecular flexibility index (Phi) is 4.27. The molecule has 0 atom stereocenters. The van der Waals surface area contributed by atoms with E-state index in [2.05, 4.69) is 38.8 Å². The van der Waals surface area contributed by atoms with E-state index in [1.807, 2.05) is 18.2 Å². The highest BCUT2D eigenvalue weighted by atomic mass is 79.9. The lowest BCUT2D eigenvalue weighted by Gasteiger charge is -2.06. The molecule has 0 spiro atoms. The Bertz CT molecular complexity index is 456. The topological polar surface area (TPSA) is 12.0 Å². The fraction of sp³-hybridized carbons (Fsp3) is 0.167. The second kappa shape index (κ2) is 5.71. The first kappa shape index (κ1) is 12.0. The molecule has 0 saturated heterocycles. The van der Waals surface area contributed by atoms with Gasteiger partial charge in [-0.05, 0) is 52.0 Å². The standard InChI is InChI=1S/C12H11BrClNS/c13-11-8-9(3-4-12(11)14)15-6-5-10-2-1-7-16-10/h1-4,7-8,15H,5-6H2. The molecule has 4 heteroatoms. The summed E-state index contributed by atoms with van der Waals surface area (Å²) in [7, 11) is 0. The Morgan fingerprint density at radius 2 is 2.19 bits per heavy atom. The molecule has 0 unspecified atom stereocenters. The summed E-state index contributed by atoms with van der Waals surface area (Å²) in [6.07, 6.45) is 1.05. The summed E-state index contributed by atoms with van der Waals surface area (Å²) >= 11 is 11.1. The molecule has 1 nitrogen and oxygen atoms in total. The number of nitrogens with one attached hydrogen (secondary N) is 1. The smallest absolute Gasteiger partial charge is 0.0549 e. The fourth-order valence-corrected chi connectivity index (χ4v) is 2.60. The quantitative estimate of drug-likeness (QED) is 0.853.